The van der Waals surface area contributed by atoms with Crippen molar-refractivity contribution in [1.29, 1.82) is 0 Å². The molecule has 4 aromatic rings. The number of fused-ring (bicyclic) bond motifs is 3. The summed E-state index contributed by atoms with van der Waals surface area (Å²) in [5.41, 5.74) is 2.45. The molecule has 38 heavy (non-hydrogen) atoms. The maximum Gasteiger partial charge on any atom is 0.212 e. The average molecular weight is 542 g/mol. The van der Waals surface area contributed by atoms with Crippen molar-refractivity contribution in [1.82, 2.24) is 9.29 Å². The fourth-order valence-corrected chi connectivity index (χ4v) is 7.03. The van der Waals surface area contributed by atoms with Gasteiger partial charge in [-0.2, -0.15) is 4.31 Å². The minimum atomic E-state index is -3.83. The normalized spacial score (nSPS) is 20.4. The number of sulfonamides is 1. The molecule has 3 aromatic carbocycles. The summed E-state index contributed by atoms with van der Waals surface area (Å²) in [6, 6.07) is 14.2. The molecule has 1 saturated heterocycles. The summed E-state index contributed by atoms with van der Waals surface area (Å²) in [6.45, 7) is 2.62. The fraction of sp³-hybridized carbons (Fsp3) is 0.286. The topological polar surface area (TPSA) is 65.6 Å². The zero-order valence-corrected chi connectivity index (χ0v) is 21.6. The van der Waals surface area contributed by atoms with Crippen molar-refractivity contribution >= 4 is 26.6 Å². The maximum atomic E-state index is 15.7. The number of halogens is 3. The number of H-pyrrole nitrogens is 1. The lowest BCUT2D eigenvalue weighted by molar-refractivity contribution is 0.166. The van der Waals surface area contributed by atoms with E-state index >= 15 is 8.78 Å². The van der Waals surface area contributed by atoms with Gasteiger partial charge in [-0.1, -0.05) is 24.3 Å². The SMILES string of the molecule is C[C@@H]1Cc2c([nH]c3ccccc23)[C@@H](c2c(F)cc(OC3CN(c4cccc(F)c4)C3)cc2F)N1S(C)(=O)=O. The van der Waals surface area contributed by atoms with Crippen LogP contribution in [0.3, 0.4) is 0 Å². The summed E-state index contributed by atoms with van der Waals surface area (Å²) >= 11 is 0. The van der Waals surface area contributed by atoms with Crippen LogP contribution >= 0.6 is 0 Å². The maximum absolute atomic E-state index is 15.7. The standard InChI is InChI=1S/C28H26F3N3O3S/c1-16-10-22-21-8-3-4-9-25(21)32-27(22)28(34(16)38(2,35)36)26-23(30)12-19(13-24(26)31)37-20-14-33(15-20)18-7-5-6-17(29)11-18/h3-9,11-13,16,20,28,32H,10,14-15H2,1-2H3/t16-,28-/m1/s1. The number of nitrogens with zero attached hydrogens (tertiary/aromatic N) is 2. The number of hydrogen-bond donors (Lipinski definition) is 1. The number of hydrogen-bond acceptors (Lipinski definition) is 4. The van der Waals surface area contributed by atoms with E-state index in [0.29, 0.717) is 30.9 Å². The van der Waals surface area contributed by atoms with Gasteiger partial charge in [0.1, 0.15) is 29.3 Å². The van der Waals surface area contributed by atoms with Crippen molar-refractivity contribution in [3.63, 3.8) is 0 Å². The van der Waals surface area contributed by atoms with E-state index in [1.54, 1.807) is 19.1 Å². The number of anilines is 1. The van der Waals surface area contributed by atoms with Gasteiger partial charge in [-0.25, -0.2) is 21.6 Å². The lowest BCUT2D eigenvalue weighted by Gasteiger charge is -2.41. The molecule has 10 heteroatoms. The Kier molecular flexibility index (Phi) is 5.92. The van der Waals surface area contributed by atoms with E-state index < -0.39 is 33.7 Å². The Hall–Kier alpha value is -3.50. The largest absolute Gasteiger partial charge is 0.487 e. The third-order valence-corrected chi connectivity index (χ3v) is 8.68. The molecule has 0 amide bonds. The Bertz CT molecular complexity index is 1630. The second-order valence-electron chi connectivity index (χ2n) is 10.0. The highest BCUT2D eigenvalue weighted by Crippen LogP contribution is 2.44. The second kappa shape index (κ2) is 9.06. The number of aromatic amines is 1. The van der Waals surface area contributed by atoms with Gasteiger partial charge in [-0.05, 0) is 43.2 Å². The number of para-hydroxylation sites is 1. The highest BCUT2D eigenvalue weighted by atomic mass is 32.2. The molecule has 2 aliphatic heterocycles. The van der Waals surface area contributed by atoms with E-state index in [-0.39, 0.29) is 23.2 Å². The number of benzene rings is 3. The molecule has 2 atom stereocenters. The van der Waals surface area contributed by atoms with Crippen LogP contribution in [0, 0.1) is 17.5 Å². The molecule has 0 unspecified atom stereocenters. The summed E-state index contributed by atoms with van der Waals surface area (Å²) in [7, 11) is -3.83. The van der Waals surface area contributed by atoms with E-state index in [0.717, 1.165) is 34.9 Å². The predicted molar refractivity (Wildman–Crippen MR) is 139 cm³/mol. The van der Waals surface area contributed by atoms with Gasteiger partial charge >= 0.3 is 0 Å². The predicted octanol–water partition coefficient (Wildman–Crippen LogP) is 5.15. The number of nitrogens with one attached hydrogen (secondary N) is 1. The molecular formula is C28H26F3N3O3S. The molecule has 1 N–H and O–H groups in total. The van der Waals surface area contributed by atoms with E-state index in [9.17, 15) is 12.8 Å². The van der Waals surface area contributed by atoms with Crippen LogP contribution in [0.5, 0.6) is 5.75 Å². The van der Waals surface area contributed by atoms with Gasteiger partial charge in [0.25, 0.3) is 0 Å². The van der Waals surface area contributed by atoms with E-state index in [1.807, 2.05) is 29.2 Å². The Morgan fingerprint density at radius 3 is 2.37 bits per heavy atom. The third kappa shape index (κ3) is 4.21. The first kappa shape index (κ1) is 24.8. The lowest BCUT2D eigenvalue weighted by atomic mass is 9.90. The minimum Gasteiger partial charge on any atom is -0.487 e. The molecular weight excluding hydrogens is 515 g/mol. The Morgan fingerprint density at radius 2 is 1.68 bits per heavy atom. The molecule has 0 aliphatic carbocycles. The summed E-state index contributed by atoms with van der Waals surface area (Å²) in [4.78, 5) is 5.13. The zero-order chi connectivity index (χ0) is 26.8. The van der Waals surface area contributed by atoms with Gasteiger partial charge in [0.05, 0.1) is 25.4 Å². The first-order valence-corrected chi connectivity index (χ1v) is 14.2. The van der Waals surface area contributed by atoms with E-state index in [4.69, 9.17) is 4.74 Å². The van der Waals surface area contributed by atoms with Gasteiger partial charge in [0.2, 0.25) is 10.0 Å². The third-order valence-electron chi connectivity index (χ3n) is 7.34. The van der Waals surface area contributed by atoms with Crippen molar-refractivity contribution < 1.29 is 26.3 Å². The molecule has 0 saturated carbocycles. The smallest absolute Gasteiger partial charge is 0.212 e. The summed E-state index contributed by atoms with van der Waals surface area (Å²) in [5.74, 6) is -2.11. The van der Waals surface area contributed by atoms with Crippen LogP contribution in [0.1, 0.15) is 29.8 Å². The van der Waals surface area contributed by atoms with Crippen molar-refractivity contribution in [2.45, 2.75) is 31.5 Å². The molecule has 0 spiro atoms. The van der Waals surface area contributed by atoms with Crippen LogP contribution in [0.4, 0.5) is 18.9 Å². The van der Waals surface area contributed by atoms with Crippen LogP contribution in [0.2, 0.25) is 0 Å². The molecule has 0 bridgehead atoms. The van der Waals surface area contributed by atoms with Gasteiger partial charge in [0.15, 0.2) is 0 Å². The number of ether oxygens (including phenoxy) is 1. The molecule has 6 nitrogen and oxygen atoms in total. The summed E-state index contributed by atoms with van der Waals surface area (Å²) in [5, 5.41) is 0.904. The fourth-order valence-electron chi connectivity index (χ4n) is 5.71. The zero-order valence-electron chi connectivity index (χ0n) is 20.8. The van der Waals surface area contributed by atoms with Gasteiger partial charge in [-0.3, -0.25) is 0 Å². The minimum absolute atomic E-state index is 0.0132. The Morgan fingerprint density at radius 1 is 0.974 bits per heavy atom. The first-order chi connectivity index (χ1) is 18.1. The van der Waals surface area contributed by atoms with Crippen molar-refractivity contribution in [2.75, 3.05) is 24.2 Å². The molecule has 1 aromatic heterocycles. The highest BCUT2D eigenvalue weighted by Gasteiger charge is 2.43. The van der Waals surface area contributed by atoms with Gasteiger partial charge < -0.3 is 14.6 Å². The molecule has 2 aliphatic rings. The quantitative estimate of drug-likeness (QED) is 0.380. The van der Waals surface area contributed by atoms with Crippen LogP contribution in [0.15, 0.2) is 60.7 Å². The van der Waals surface area contributed by atoms with Crippen molar-refractivity contribution in [3.8, 4) is 5.75 Å². The van der Waals surface area contributed by atoms with Gasteiger partial charge in [0, 0.05) is 46.0 Å². The molecule has 198 valence electrons. The Labute approximate surface area is 218 Å². The van der Waals surface area contributed by atoms with E-state index in [1.165, 1.54) is 16.4 Å². The van der Waals surface area contributed by atoms with Crippen LogP contribution < -0.4 is 9.64 Å². The first-order valence-electron chi connectivity index (χ1n) is 12.3. The van der Waals surface area contributed by atoms with Gasteiger partial charge in [-0.15, -0.1) is 0 Å². The molecule has 6 rings (SSSR count). The van der Waals surface area contributed by atoms with Crippen LogP contribution in [-0.2, 0) is 16.4 Å². The molecule has 3 heterocycles. The number of rotatable bonds is 5. The Balaban J connectivity index is 1.33. The van der Waals surface area contributed by atoms with Crippen molar-refractivity contribution in [3.05, 3.63) is 94.9 Å². The van der Waals surface area contributed by atoms with Crippen LogP contribution in [-0.4, -0.2) is 49.2 Å². The molecule has 1 fully saturated rings. The average Bonchev–Trinajstić information content (AvgIpc) is 3.18. The summed E-state index contributed by atoms with van der Waals surface area (Å²) in [6.07, 6.45) is 1.14. The summed E-state index contributed by atoms with van der Waals surface area (Å²) < 4.78 is 77.6. The highest BCUT2D eigenvalue weighted by molar-refractivity contribution is 7.88. The second-order valence-corrected chi connectivity index (χ2v) is 11.9. The lowest BCUT2D eigenvalue weighted by Crippen LogP contribution is -2.54. The van der Waals surface area contributed by atoms with Crippen LogP contribution in [0.25, 0.3) is 10.9 Å². The van der Waals surface area contributed by atoms with Crippen molar-refractivity contribution in [2.24, 2.45) is 0 Å². The van der Waals surface area contributed by atoms with E-state index in [2.05, 4.69) is 4.98 Å². The number of aromatic nitrogens is 1. The molecule has 0 radical (unpaired) electrons. The monoisotopic (exact) mass is 541 g/mol.